The summed E-state index contributed by atoms with van der Waals surface area (Å²) >= 11 is 0. The molecule has 0 aliphatic carbocycles. The maximum atomic E-state index is 12.9. The van der Waals surface area contributed by atoms with Gasteiger partial charge in [0.05, 0.1) is 12.4 Å². The minimum Gasteiger partial charge on any atom is -0.310 e. The summed E-state index contributed by atoms with van der Waals surface area (Å²) in [6, 6.07) is 7.64. The molecule has 1 amide bonds. The fraction of sp³-hybridized carbons (Fsp3) is 0.333. The fourth-order valence-corrected chi connectivity index (χ4v) is 3.71. The van der Waals surface area contributed by atoms with Crippen LogP contribution >= 0.6 is 0 Å². The number of hydrogen-bond donors (Lipinski definition) is 0. The molecule has 0 radical (unpaired) electrons. The minimum absolute atomic E-state index is 0.0396. The molecule has 1 fully saturated rings. The number of carbonyl (C=O) groups is 1. The molecule has 0 bridgehead atoms. The summed E-state index contributed by atoms with van der Waals surface area (Å²) in [5, 5.41) is 17.0. The van der Waals surface area contributed by atoms with Crippen LogP contribution in [0.2, 0.25) is 0 Å². The van der Waals surface area contributed by atoms with E-state index in [2.05, 4.69) is 22.5 Å². The Kier molecular flexibility index (Phi) is 3.62. The number of rotatable bonds is 2. The molecule has 4 rings (SSSR count). The molecule has 1 atom stereocenters. The summed E-state index contributed by atoms with van der Waals surface area (Å²) in [6.07, 6.45) is 8.04. The van der Waals surface area contributed by atoms with Crippen molar-refractivity contribution < 1.29 is 4.79 Å². The van der Waals surface area contributed by atoms with Crippen LogP contribution in [0.1, 0.15) is 18.4 Å². The lowest BCUT2D eigenvalue weighted by molar-refractivity contribution is -0.121. The van der Waals surface area contributed by atoms with Gasteiger partial charge in [-0.2, -0.15) is 15.5 Å². The van der Waals surface area contributed by atoms with Crippen LogP contribution in [0.4, 0.5) is 5.69 Å². The van der Waals surface area contributed by atoms with Gasteiger partial charge in [-0.05, 0) is 42.5 Å². The smallest absolute Gasteiger partial charge is 0.250 e. The first kappa shape index (κ1) is 14.6. The largest absolute Gasteiger partial charge is 0.310 e. The molecule has 0 spiro atoms. The van der Waals surface area contributed by atoms with E-state index in [4.69, 9.17) is 0 Å². The average molecular weight is 319 g/mol. The summed E-state index contributed by atoms with van der Waals surface area (Å²) in [7, 11) is 0. The highest BCUT2D eigenvalue weighted by Crippen LogP contribution is 2.37. The van der Waals surface area contributed by atoms with Crippen LogP contribution in [0.15, 0.2) is 36.7 Å². The van der Waals surface area contributed by atoms with Gasteiger partial charge in [0.2, 0.25) is 5.91 Å². The van der Waals surface area contributed by atoms with Gasteiger partial charge < -0.3 is 4.90 Å². The number of fused-ring (bicyclic) bond motifs is 1. The van der Waals surface area contributed by atoms with E-state index in [0.29, 0.717) is 13.1 Å². The number of likely N-dealkylation sites (tertiary alicyclic amines) is 1. The molecule has 1 saturated heterocycles. The second kappa shape index (κ2) is 5.93. The summed E-state index contributed by atoms with van der Waals surface area (Å²) in [6.45, 7) is 1.34. The first-order chi connectivity index (χ1) is 11.8. The molecule has 2 aromatic rings. The van der Waals surface area contributed by atoms with Crippen LogP contribution in [0, 0.1) is 11.5 Å². The zero-order valence-corrected chi connectivity index (χ0v) is 13.2. The van der Waals surface area contributed by atoms with Crippen LogP contribution in [0.3, 0.4) is 0 Å². The summed E-state index contributed by atoms with van der Waals surface area (Å²) in [5.74, 6) is 0.0396. The second-order valence-electron chi connectivity index (χ2n) is 6.13. The predicted molar refractivity (Wildman–Crippen MR) is 88.9 cm³/mol. The van der Waals surface area contributed by atoms with Crippen molar-refractivity contribution in [1.82, 2.24) is 15.1 Å². The highest BCUT2D eigenvalue weighted by atomic mass is 16.2. The molecule has 24 heavy (non-hydrogen) atoms. The summed E-state index contributed by atoms with van der Waals surface area (Å²) in [5.41, 5.74) is 4.23. The second-order valence-corrected chi connectivity index (χ2v) is 6.13. The van der Waals surface area contributed by atoms with E-state index in [0.717, 1.165) is 36.1 Å². The van der Waals surface area contributed by atoms with Crippen molar-refractivity contribution in [2.24, 2.45) is 0 Å². The lowest BCUT2D eigenvalue weighted by Gasteiger charge is -2.25. The van der Waals surface area contributed by atoms with Gasteiger partial charge >= 0.3 is 0 Å². The zero-order valence-electron chi connectivity index (χ0n) is 13.2. The van der Waals surface area contributed by atoms with Crippen molar-refractivity contribution in [3.05, 3.63) is 42.2 Å². The number of aromatic nitrogens is 2. The van der Waals surface area contributed by atoms with E-state index < -0.39 is 0 Å². The molecule has 0 saturated carbocycles. The van der Waals surface area contributed by atoms with Gasteiger partial charge in [0.25, 0.3) is 0 Å². The lowest BCUT2D eigenvalue weighted by Crippen LogP contribution is -2.43. The number of amides is 1. The van der Waals surface area contributed by atoms with Crippen molar-refractivity contribution in [2.75, 3.05) is 18.0 Å². The Morgan fingerprint density at radius 1 is 1.25 bits per heavy atom. The lowest BCUT2D eigenvalue weighted by atomic mass is 9.99. The van der Waals surface area contributed by atoms with Crippen molar-refractivity contribution in [2.45, 2.75) is 25.3 Å². The Morgan fingerprint density at radius 2 is 2.17 bits per heavy atom. The molecule has 0 unspecified atom stereocenters. The normalized spacial score (nSPS) is 19.2. The quantitative estimate of drug-likeness (QED) is 0.791. The molecule has 6 heteroatoms. The maximum absolute atomic E-state index is 12.9. The van der Waals surface area contributed by atoms with Crippen LogP contribution in [0.25, 0.3) is 11.1 Å². The maximum Gasteiger partial charge on any atom is 0.250 e. The van der Waals surface area contributed by atoms with Gasteiger partial charge in [0, 0.05) is 24.3 Å². The molecule has 1 aromatic heterocycles. The number of benzene rings is 1. The predicted octanol–water partition coefficient (Wildman–Crippen LogP) is 1.98. The minimum atomic E-state index is -0.313. The van der Waals surface area contributed by atoms with Gasteiger partial charge in [0.1, 0.15) is 6.04 Å². The number of hydrogen-bond acceptors (Lipinski definition) is 5. The average Bonchev–Trinajstić information content (AvgIpc) is 3.28. The van der Waals surface area contributed by atoms with E-state index in [-0.39, 0.29) is 11.9 Å². The Morgan fingerprint density at radius 3 is 2.96 bits per heavy atom. The first-order valence-electron chi connectivity index (χ1n) is 8.16. The molecule has 2 aliphatic heterocycles. The molecular weight excluding hydrogens is 302 g/mol. The zero-order chi connectivity index (χ0) is 16.5. The monoisotopic (exact) mass is 319 g/mol. The van der Waals surface area contributed by atoms with Crippen molar-refractivity contribution >= 4 is 11.6 Å². The van der Waals surface area contributed by atoms with Gasteiger partial charge in [-0.3, -0.25) is 9.69 Å². The van der Waals surface area contributed by atoms with Gasteiger partial charge in [-0.25, -0.2) is 0 Å². The number of carbonyl (C=O) groups excluding carboxylic acids is 1. The van der Waals surface area contributed by atoms with E-state index in [9.17, 15) is 10.1 Å². The number of anilines is 1. The Hall–Kier alpha value is -2.94. The summed E-state index contributed by atoms with van der Waals surface area (Å²) < 4.78 is 0. The standard InChI is InChI=1S/C18H17N5O/c19-12-22-9-2-5-17(22)18(24)23-10-7-15-14(3-1-4-16(15)23)13-6-8-20-21-11-13/h1,3-4,6,8,11,17H,2,5,7,9-10H2/t17-/m0/s1. The van der Waals surface area contributed by atoms with Gasteiger partial charge in [-0.1, -0.05) is 12.1 Å². The van der Waals surface area contributed by atoms with Crippen LogP contribution in [-0.2, 0) is 11.2 Å². The van der Waals surface area contributed by atoms with Crippen molar-refractivity contribution in [1.29, 1.82) is 5.26 Å². The molecule has 0 N–H and O–H groups in total. The van der Waals surface area contributed by atoms with E-state index in [1.807, 2.05) is 23.1 Å². The van der Waals surface area contributed by atoms with Crippen molar-refractivity contribution in [3.8, 4) is 17.3 Å². The third-order valence-corrected chi connectivity index (χ3v) is 4.86. The van der Waals surface area contributed by atoms with Gasteiger partial charge in [0.15, 0.2) is 6.19 Å². The molecule has 2 aliphatic rings. The fourth-order valence-electron chi connectivity index (χ4n) is 3.71. The Labute approximate surface area is 140 Å². The first-order valence-corrected chi connectivity index (χ1v) is 8.16. The Balaban J connectivity index is 1.68. The molecular formula is C18H17N5O. The van der Waals surface area contributed by atoms with E-state index >= 15 is 0 Å². The van der Waals surface area contributed by atoms with Crippen LogP contribution in [-0.4, -0.2) is 40.1 Å². The van der Waals surface area contributed by atoms with Crippen LogP contribution < -0.4 is 4.90 Å². The summed E-state index contributed by atoms with van der Waals surface area (Å²) in [4.78, 5) is 16.4. The van der Waals surface area contributed by atoms with Crippen molar-refractivity contribution in [3.63, 3.8) is 0 Å². The SMILES string of the molecule is N#CN1CCC[C@H]1C(=O)N1CCc2c(-c3ccnnc3)cccc21. The van der Waals surface area contributed by atoms with Gasteiger partial charge in [-0.15, -0.1) is 0 Å². The number of nitrogens with zero attached hydrogens (tertiary/aromatic N) is 5. The number of nitriles is 1. The molecule has 6 nitrogen and oxygen atoms in total. The third kappa shape index (κ3) is 2.29. The Bertz CT molecular complexity index is 814. The topological polar surface area (TPSA) is 73.1 Å². The van der Waals surface area contributed by atoms with Crippen LogP contribution in [0.5, 0.6) is 0 Å². The highest BCUT2D eigenvalue weighted by Gasteiger charge is 2.36. The highest BCUT2D eigenvalue weighted by molar-refractivity contribution is 6.00. The molecule has 120 valence electrons. The molecule has 3 heterocycles. The third-order valence-electron chi connectivity index (χ3n) is 4.86. The van der Waals surface area contributed by atoms with E-state index in [1.165, 1.54) is 5.56 Å². The molecule has 1 aromatic carbocycles. The van der Waals surface area contributed by atoms with E-state index in [1.54, 1.807) is 17.3 Å².